The summed E-state index contributed by atoms with van der Waals surface area (Å²) in [6, 6.07) is 65.4. The standard InChI is InChI=1S/C53H42N2O2/c1-53(2)45-33-37(54(35-17-7-5-8-18-35)47-29-31-50(56-3)41-24-14-11-21-38(41)47)27-28-44(45)52-43-26-16-13-23-40(43)49(34-46(52)53)55(36-19-9-6-10-20-36)48-30-32-51(57-4)42-25-15-12-22-39(42)48/h5-34H,1-4H3. The molecule has 10 rings (SSSR count). The predicted molar refractivity (Wildman–Crippen MR) is 239 cm³/mol. The van der Waals surface area contributed by atoms with Crippen LogP contribution in [0.5, 0.6) is 11.5 Å². The molecule has 0 N–H and O–H groups in total. The zero-order chi connectivity index (χ0) is 38.7. The number of hydrogen-bond donors (Lipinski definition) is 0. The van der Waals surface area contributed by atoms with Gasteiger partial charge in [0.1, 0.15) is 11.5 Å². The number of fused-ring (bicyclic) bond motifs is 7. The molecule has 1 aliphatic carbocycles. The summed E-state index contributed by atoms with van der Waals surface area (Å²) in [6.07, 6.45) is 0. The molecule has 0 bridgehead atoms. The molecule has 0 aliphatic heterocycles. The van der Waals surface area contributed by atoms with Gasteiger partial charge in [-0.3, -0.25) is 0 Å². The summed E-state index contributed by atoms with van der Waals surface area (Å²) in [5, 5.41) is 6.86. The maximum atomic E-state index is 5.85. The molecule has 9 aromatic carbocycles. The highest BCUT2D eigenvalue weighted by Crippen LogP contribution is 2.56. The van der Waals surface area contributed by atoms with E-state index >= 15 is 0 Å². The lowest BCUT2D eigenvalue weighted by Crippen LogP contribution is -2.18. The van der Waals surface area contributed by atoms with Gasteiger partial charge in [-0.2, -0.15) is 0 Å². The van der Waals surface area contributed by atoms with Crippen molar-refractivity contribution in [1.29, 1.82) is 0 Å². The highest BCUT2D eigenvalue weighted by atomic mass is 16.5. The summed E-state index contributed by atoms with van der Waals surface area (Å²) in [5.41, 5.74) is 11.5. The van der Waals surface area contributed by atoms with Crippen molar-refractivity contribution in [2.45, 2.75) is 19.3 Å². The van der Waals surface area contributed by atoms with Crippen molar-refractivity contribution in [2.24, 2.45) is 0 Å². The molecule has 0 atom stereocenters. The molecule has 0 saturated heterocycles. The third-order valence-corrected chi connectivity index (χ3v) is 11.8. The number of ether oxygens (including phenoxy) is 2. The number of para-hydroxylation sites is 2. The van der Waals surface area contributed by atoms with Crippen molar-refractivity contribution in [3.8, 4) is 22.6 Å². The number of nitrogens with zero attached hydrogens (tertiary/aromatic N) is 2. The second kappa shape index (κ2) is 13.6. The van der Waals surface area contributed by atoms with Gasteiger partial charge >= 0.3 is 0 Å². The van der Waals surface area contributed by atoms with Gasteiger partial charge in [0.05, 0.1) is 31.3 Å². The van der Waals surface area contributed by atoms with Crippen molar-refractivity contribution in [3.05, 3.63) is 193 Å². The van der Waals surface area contributed by atoms with Gasteiger partial charge in [-0.25, -0.2) is 0 Å². The zero-order valence-electron chi connectivity index (χ0n) is 32.5. The lowest BCUT2D eigenvalue weighted by Gasteiger charge is -2.31. The summed E-state index contributed by atoms with van der Waals surface area (Å²) in [5.74, 6) is 1.73. The van der Waals surface area contributed by atoms with E-state index in [0.717, 1.165) is 67.2 Å². The third kappa shape index (κ3) is 5.43. The molecule has 4 heteroatoms. The first-order chi connectivity index (χ1) is 28.0. The van der Waals surface area contributed by atoms with E-state index in [1.165, 1.54) is 33.0 Å². The zero-order valence-corrected chi connectivity index (χ0v) is 32.5. The minimum atomic E-state index is -0.311. The van der Waals surface area contributed by atoms with E-state index in [2.05, 4.69) is 206 Å². The molecule has 0 amide bonds. The van der Waals surface area contributed by atoms with Crippen LogP contribution in [0.2, 0.25) is 0 Å². The number of anilines is 6. The summed E-state index contributed by atoms with van der Waals surface area (Å²) < 4.78 is 11.7. The molecule has 9 aromatic rings. The molecule has 4 nitrogen and oxygen atoms in total. The van der Waals surface area contributed by atoms with E-state index in [9.17, 15) is 0 Å². The van der Waals surface area contributed by atoms with Crippen molar-refractivity contribution in [3.63, 3.8) is 0 Å². The smallest absolute Gasteiger partial charge is 0.126 e. The first-order valence-corrected chi connectivity index (χ1v) is 19.5. The Morgan fingerprint density at radius 1 is 0.368 bits per heavy atom. The minimum Gasteiger partial charge on any atom is -0.496 e. The van der Waals surface area contributed by atoms with E-state index < -0.39 is 0 Å². The molecule has 276 valence electrons. The second-order valence-corrected chi connectivity index (χ2v) is 15.2. The Morgan fingerprint density at radius 3 is 1.37 bits per heavy atom. The largest absolute Gasteiger partial charge is 0.496 e. The number of rotatable bonds is 8. The van der Waals surface area contributed by atoms with Crippen LogP contribution < -0.4 is 19.3 Å². The predicted octanol–water partition coefficient (Wildman–Crippen LogP) is 14.4. The fourth-order valence-corrected chi connectivity index (χ4v) is 9.12. The molecule has 0 saturated carbocycles. The number of methoxy groups -OCH3 is 2. The lowest BCUT2D eigenvalue weighted by atomic mass is 9.81. The van der Waals surface area contributed by atoms with E-state index in [-0.39, 0.29) is 5.41 Å². The number of hydrogen-bond acceptors (Lipinski definition) is 4. The van der Waals surface area contributed by atoms with Gasteiger partial charge in [0.25, 0.3) is 0 Å². The first-order valence-electron chi connectivity index (χ1n) is 19.5. The average Bonchev–Trinajstić information content (AvgIpc) is 3.49. The van der Waals surface area contributed by atoms with Gasteiger partial charge in [0.15, 0.2) is 0 Å². The fourth-order valence-electron chi connectivity index (χ4n) is 9.12. The van der Waals surface area contributed by atoms with Crippen LogP contribution >= 0.6 is 0 Å². The van der Waals surface area contributed by atoms with Gasteiger partial charge in [0, 0.05) is 49.4 Å². The van der Waals surface area contributed by atoms with Crippen molar-refractivity contribution in [1.82, 2.24) is 0 Å². The molecule has 0 fully saturated rings. The monoisotopic (exact) mass is 738 g/mol. The Kier molecular flexibility index (Phi) is 8.23. The molecular weight excluding hydrogens is 697 g/mol. The highest BCUT2D eigenvalue weighted by molar-refractivity contribution is 6.12. The van der Waals surface area contributed by atoms with Crippen molar-refractivity contribution in [2.75, 3.05) is 24.0 Å². The molecule has 0 heterocycles. The van der Waals surface area contributed by atoms with E-state index in [1.54, 1.807) is 14.2 Å². The topological polar surface area (TPSA) is 24.9 Å². The second-order valence-electron chi connectivity index (χ2n) is 15.2. The van der Waals surface area contributed by atoms with Crippen LogP contribution in [-0.2, 0) is 5.41 Å². The van der Waals surface area contributed by atoms with Crippen LogP contribution in [0, 0.1) is 0 Å². The Balaban J connectivity index is 1.20. The quantitative estimate of drug-likeness (QED) is 0.155. The Labute approximate surface area is 333 Å². The summed E-state index contributed by atoms with van der Waals surface area (Å²) >= 11 is 0. The third-order valence-electron chi connectivity index (χ3n) is 11.8. The Morgan fingerprint density at radius 2 is 0.825 bits per heavy atom. The maximum Gasteiger partial charge on any atom is 0.126 e. The van der Waals surface area contributed by atoms with Crippen LogP contribution in [-0.4, -0.2) is 14.2 Å². The highest BCUT2D eigenvalue weighted by Gasteiger charge is 2.39. The van der Waals surface area contributed by atoms with Crippen LogP contribution in [0.3, 0.4) is 0 Å². The molecular formula is C53H42N2O2. The molecule has 0 radical (unpaired) electrons. The first kappa shape index (κ1) is 34.5. The summed E-state index contributed by atoms with van der Waals surface area (Å²) in [6.45, 7) is 4.76. The van der Waals surface area contributed by atoms with Gasteiger partial charge in [-0.15, -0.1) is 0 Å². The molecule has 0 unspecified atom stereocenters. The van der Waals surface area contributed by atoms with Crippen LogP contribution in [0.4, 0.5) is 34.1 Å². The van der Waals surface area contributed by atoms with Crippen LogP contribution in [0.15, 0.2) is 182 Å². The lowest BCUT2D eigenvalue weighted by molar-refractivity contribution is 0.420. The van der Waals surface area contributed by atoms with Crippen molar-refractivity contribution >= 4 is 66.4 Å². The fraction of sp³-hybridized carbons (Fsp3) is 0.0943. The van der Waals surface area contributed by atoms with E-state index in [1.807, 2.05) is 0 Å². The van der Waals surface area contributed by atoms with Gasteiger partial charge in [-0.1, -0.05) is 129 Å². The Hall–Kier alpha value is -7.04. The molecule has 57 heavy (non-hydrogen) atoms. The average molecular weight is 739 g/mol. The minimum absolute atomic E-state index is 0.311. The maximum absolute atomic E-state index is 5.85. The Bertz CT molecular complexity index is 2970. The van der Waals surface area contributed by atoms with Crippen LogP contribution in [0.1, 0.15) is 25.0 Å². The summed E-state index contributed by atoms with van der Waals surface area (Å²) in [4.78, 5) is 4.82. The molecule has 0 aromatic heterocycles. The van der Waals surface area contributed by atoms with Gasteiger partial charge < -0.3 is 19.3 Å². The van der Waals surface area contributed by atoms with E-state index in [4.69, 9.17) is 9.47 Å². The molecule has 1 aliphatic rings. The SMILES string of the molecule is COc1ccc(N(c2ccccc2)c2ccc3c(c2)C(C)(C)c2cc(N(c4ccccc4)c4ccc(OC)c5ccccc45)c4ccccc4c2-3)c2ccccc12. The van der Waals surface area contributed by atoms with Crippen molar-refractivity contribution < 1.29 is 9.47 Å². The normalized spacial score (nSPS) is 12.7. The number of benzene rings is 9. The summed E-state index contributed by atoms with van der Waals surface area (Å²) in [7, 11) is 3.48. The van der Waals surface area contributed by atoms with Crippen LogP contribution in [0.25, 0.3) is 43.4 Å². The van der Waals surface area contributed by atoms with Gasteiger partial charge in [-0.05, 0) is 94.4 Å². The van der Waals surface area contributed by atoms with Gasteiger partial charge in [0.2, 0.25) is 0 Å². The van der Waals surface area contributed by atoms with E-state index in [0.29, 0.717) is 0 Å². The molecule has 0 spiro atoms.